The first-order chi connectivity index (χ1) is 14.2. The van der Waals surface area contributed by atoms with Crippen molar-refractivity contribution in [1.29, 1.82) is 0 Å². The molecule has 142 valence electrons. The molecule has 0 unspecified atom stereocenters. The van der Waals surface area contributed by atoms with Crippen LogP contribution in [0.2, 0.25) is 5.02 Å². The Morgan fingerprint density at radius 1 is 1.14 bits per heavy atom. The molecule has 0 saturated heterocycles. The van der Waals surface area contributed by atoms with Crippen LogP contribution in [0, 0.1) is 0 Å². The lowest BCUT2D eigenvalue weighted by atomic mass is 10.1. The number of aromatic amines is 1. The van der Waals surface area contributed by atoms with E-state index in [0.29, 0.717) is 27.6 Å². The third kappa shape index (κ3) is 3.23. The number of Topliss-reactive ketones (excluding diaryl/α,β-unsaturated/α-hetero) is 1. The molecule has 3 heterocycles. The van der Waals surface area contributed by atoms with Gasteiger partial charge in [0.2, 0.25) is 0 Å². The number of aromatic nitrogens is 4. The lowest BCUT2D eigenvalue weighted by molar-refractivity contribution is 0.0975. The van der Waals surface area contributed by atoms with Crippen LogP contribution in [0.5, 0.6) is 11.5 Å². The Kier molecular flexibility index (Phi) is 4.26. The molecule has 0 aliphatic heterocycles. The molecular formula is C22H15ClN4O2. The number of carbonyl (C=O) groups excluding carboxylic acids is 1. The first-order valence-electron chi connectivity index (χ1n) is 9.00. The third-order valence-corrected chi connectivity index (χ3v) is 5.04. The number of benzene rings is 2. The van der Waals surface area contributed by atoms with E-state index in [9.17, 15) is 4.79 Å². The van der Waals surface area contributed by atoms with Crippen LogP contribution in [0.3, 0.4) is 0 Å². The number of H-pyrrole nitrogens is 1. The van der Waals surface area contributed by atoms with Crippen LogP contribution in [0.4, 0.5) is 0 Å². The maximum absolute atomic E-state index is 13.0. The van der Waals surface area contributed by atoms with Crippen LogP contribution < -0.4 is 4.74 Å². The van der Waals surface area contributed by atoms with Crippen molar-refractivity contribution in [2.24, 2.45) is 0 Å². The topological polar surface area (TPSA) is 72.8 Å². The van der Waals surface area contributed by atoms with Crippen LogP contribution in [0.15, 0.2) is 73.4 Å². The van der Waals surface area contributed by atoms with Gasteiger partial charge in [0.25, 0.3) is 0 Å². The van der Waals surface area contributed by atoms with Gasteiger partial charge in [0, 0.05) is 34.9 Å². The van der Waals surface area contributed by atoms with Crippen molar-refractivity contribution in [2.45, 2.75) is 6.54 Å². The number of fused-ring (bicyclic) bond motifs is 2. The quantitative estimate of drug-likeness (QED) is 0.408. The van der Waals surface area contributed by atoms with Crippen molar-refractivity contribution in [1.82, 2.24) is 19.5 Å². The Morgan fingerprint density at radius 3 is 2.93 bits per heavy atom. The van der Waals surface area contributed by atoms with Crippen molar-refractivity contribution >= 4 is 39.3 Å². The molecule has 0 atom stereocenters. The van der Waals surface area contributed by atoms with Gasteiger partial charge in [-0.3, -0.25) is 9.78 Å². The van der Waals surface area contributed by atoms with E-state index in [4.69, 9.17) is 16.3 Å². The fraction of sp³-hybridized carbons (Fsp3) is 0.0455. The van der Waals surface area contributed by atoms with Crippen LogP contribution in [0.1, 0.15) is 10.4 Å². The van der Waals surface area contributed by atoms with Crippen molar-refractivity contribution in [3.63, 3.8) is 0 Å². The molecule has 1 N–H and O–H groups in total. The van der Waals surface area contributed by atoms with E-state index in [1.54, 1.807) is 31.0 Å². The highest BCUT2D eigenvalue weighted by atomic mass is 35.5. The molecule has 7 heteroatoms. The molecule has 0 fully saturated rings. The number of hydrogen-bond donors (Lipinski definition) is 1. The summed E-state index contributed by atoms with van der Waals surface area (Å²) in [6.45, 7) is 0.178. The molecule has 0 aliphatic rings. The molecular weight excluding hydrogens is 388 g/mol. The van der Waals surface area contributed by atoms with Crippen molar-refractivity contribution in [3.05, 3.63) is 84.0 Å². The van der Waals surface area contributed by atoms with Gasteiger partial charge in [0.1, 0.15) is 17.0 Å². The molecule has 0 bridgehead atoms. The van der Waals surface area contributed by atoms with Crippen LogP contribution in [-0.2, 0) is 6.54 Å². The lowest BCUT2D eigenvalue weighted by Crippen LogP contribution is -2.09. The smallest absolute Gasteiger partial charge is 0.184 e. The Bertz CT molecular complexity index is 1340. The molecule has 5 aromatic rings. The summed E-state index contributed by atoms with van der Waals surface area (Å²) in [5.41, 5.74) is 2.97. The maximum atomic E-state index is 13.0. The van der Waals surface area contributed by atoms with Gasteiger partial charge in [-0.25, -0.2) is 4.98 Å². The second-order valence-corrected chi connectivity index (χ2v) is 7.01. The molecule has 0 spiro atoms. The molecule has 3 aromatic heterocycles. The number of para-hydroxylation sites is 1. The molecule has 0 aliphatic carbocycles. The molecule has 6 nitrogen and oxygen atoms in total. The number of nitrogens with zero attached hydrogens (tertiary/aromatic N) is 3. The van der Waals surface area contributed by atoms with E-state index in [2.05, 4.69) is 15.0 Å². The summed E-state index contributed by atoms with van der Waals surface area (Å²) in [4.78, 5) is 24.5. The Morgan fingerprint density at radius 2 is 2.07 bits per heavy atom. The van der Waals surface area contributed by atoms with Gasteiger partial charge < -0.3 is 14.3 Å². The van der Waals surface area contributed by atoms with Crippen molar-refractivity contribution in [3.8, 4) is 11.5 Å². The number of hydrogen-bond acceptors (Lipinski definition) is 4. The Balaban J connectivity index is 1.42. The Hall–Kier alpha value is -3.64. The highest BCUT2D eigenvalue weighted by Crippen LogP contribution is 2.28. The summed E-state index contributed by atoms with van der Waals surface area (Å²) in [7, 11) is 0. The first-order valence-corrected chi connectivity index (χ1v) is 9.38. The summed E-state index contributed by atoms with van der Waals surface area (Å²) >= 11 is 6.18. The number of carbonyl (C=O) groups is 1. The lowest BCUT2D eigenvalue weighted by Gasteiger charge is -2.06. The van der Waals surface area contributed by atoms with E-state index in [-0.39, 0.29) is 12.3 Å². The second kappa shape index (κ2) is 7.07. The normalized spacial score (nSPS) is 11.2. The minimum Gasteiger partial charge on any atom is -0.456 e. The van der Waals surface area contributed by atoms with Crippen molar-refractivity contribution < 1.29 is 9.53 Å². The highest BCUT2D eigenvalue weighted by Gasteiger charge is 2.15. The van der Waals surface area contributed by atoms with Gasteiger partial charge >= 0.3 is 0 Å². The standard InChI is InChI=1S/C22H15ClN4O2/c23-18-4-1-5-20-22(18)26-13-27(20)12-21(28)17-11-25-19-9-14(6-7-16(17)19)29-15-3-2-8-24-10-15/h1-11,13,25H,12H2. The van der Waals surface area contributed by atoms with Gasteiger partial charge in [-0.05, 0) is 36.4 Å². The number of pyridine rings is 1. The molecule has 29 heavy (non-hydrogen) atoms. The number of ketones is 1. The third-order valence-electron chi connectivity index (χ3n) is 4.74. The van der Waals surface area contributed by atoms with Crippen LogP contribution >= 0.6 is 11.6 Å². The summed E-state index contributed by atoms with van der Waals surface area (Å²) in [5.74, 6) is 1.30. The summed E-state index contributed by atoms with van der Waals surface area (Å²) in [6, 6.07) is 14.8. The SMILES string of the molecule is O=C(Cn1cnc2c(Cl)cccc21)c1c[nH]c2cc(Oc3cccnc3)ccc12. The Labute approximate surface area is 170 Å². The minimum absolute atomic E-state index is 0.0172. The van der Waals surface area contributed by atoms with E-state index in [1.807, 2.05) is 47.0 Å². The number of nitrogens with one attached hydrogen (secondary N) is 1. The van der Waals surface area contributed by atoms with Crippen molar-refractivity contribution in [2.75, 3.05) is 0 Å². The molecule has 2 aromatic carbocycles. The number of rotatable bonds is 5. The predicted molar refractivity (Wildman–Crippen MR) is 112 cm³/mol. The van der Waals surface area contributed by atoms with E-state index in [1.165, 1.54) is 0 Å². The number of halogens is 1. The zero-order valence-corrected chi connectivity index (χ0v) is 15.9. The van der Waals surface area contributed by atoms with Gasteiger partial charge in [-0.15, -0.1) is 0 Å². The highest BCUT2D eigenvalue weighted by molar-refractivity contribution is 6.34. The zero-order chi connectivity index (χ0) is 19.8. The van der Waals surface area contributed by atoms with Gasteiger partial charge in [0.15, 0.2) is 5.78 Å². The minimum atomic E-state index is -0.0172. The number of ether oxygens (including phenoxy) is 1. The summed E-state index contributed by atoms with van der Waals surface area (Å²) in [6.07, 6.45) is 6.71. The molecule has 0 saturated carbocycles. The van der Waals surface area contributed by atoms with Crippen LogP contribution in [-0.4, -0.2) is 25.3 Å². The monoisotopic (exact) mass is 402 g/mol. The molecule has 5 rings (SSSR count). The number of imidazole rings is 1. The average molecular weight is 403 g/mol. The molecule has 0 radical (unpaired) electrons. The summed E-state index contributed by atoms with van der Waals surface area (Å²) < 4.78 is 7.62. The van der Waals surface area contributed by atoms with Gasteiger partial charge in [-0.2, -0.15) is 0 Å². The molecule has 0 amide bonds. The zero-order valence-electron chi connectivity index (χ0n) is 15.2. The first kappa shape index (κ1) is 17.5. The van der Waals surface area contributed by atoms with Gasteiger partial charge in [-0.1, -0.05) is 17.7 Å². The summed E-state index contributed by atoms with van der Waals surface area (Å²) in [5, 5.41) is 1.41. The predicted octanol–water partition coefficient (Wildman–Crippen LogP) is 5.24. The average Bonchev–Trinajstić information content (AvgIpc) is 3.34. The maximum Gasteiger partial charge on any atom is 0.184 e. The fourth-order valence-electron chi connectivity index (χ4n) is 3.36. The van der Waals surface area contributed by atoms with Gasteiger partial charge in [0.05, 0.1) is 29.6 Å². The fourth-order valence-corrected chi connectivity index (χ4v) is 3.58. The second-order valence-electron chi connectivity index (χ2n) is 6.60. The van der Waals surface area contributed by atoms with E-state index in [0.717, 1.165) is 16.4 Å². The van der Waals surface area contributed by atoms with E-state index < -0.39 is 0 Å². The largest absolute Gasteiger partial charge is 0.456 e. The van der Waals surface area contributed by atoms with Crippen LogP contribution in [0.25, 0.3) is 21.9 Å². The van der Waals surface area contributed by atoms with E-state index >= 15 is 0 Å².